The number of carbonyl (C=O) groups is 2. The van der Waals surface area contributed by atoms with Gasteiger partial charge >= 0.3 is 0 Å². The van der Waals surface area contributed by atoms with Gasteiger partial charge in [-0.2, -0.15) is 0 Å². The van der Waals surface area contributed by atoms with Gasteiger partial charge in [0.05, 0.1) is 18.8 Å². The van der Waals surface area contributed by atoms with E-state index in [1.54, 1.807) is 17.0 Å². The Labute approximate surface area is 172 Å². The van der Waals surface area contributed by atoms with Gasteiger partial charge in [0.2, 0.25) is 5.91 Å². The third-order valence-electron chi connectivity index (χ3n) is 5.86. The zero-order chi connectivity index (χ0) is 20.5. The van der Waals surface area contributed by atoms with Gasteiger partial charge in [0.1, 0.15) is 5.82 Å². The summed E-state index contributed by atoms with van der Waals surface area (Å²) in [5, 5.41) is 3.01. The molecule has 3 rings (SSSR count). The minimum Gasteiger partial charge on any atom is -0.379 e. The minimum absolute atomic E-state index is 0.108. The largest absolute Gasteiger partial charge is 0.379 e. The highest BCUT2D eigenvalue weighted by atomic mass is 19.1. The van der Waals surface area contributed by atoms with Crippen LogP contribution in [0.2, 0.25) is 0 Å². The summed E-state index contributed by atoms with van der Waals surface area (Å²) < 4.78 is 19.1. The van der Waals surface area contributed by atoms with Crippen molar-refractivity contribution in [1.82, 2.24) is 15.1 Å². The molecular formula is C22H32FN3O3. The first-order valence-electron chi connectivity index (χ1n) is 10.7. The molecule has 0 aliphatic carbocycles. The molecule has 0 radical (unpaired) electrons. The van der Waals surface area contributed by atoms with Crippen molar-refractivity contribution in [1.29, 1.82) is 0 Å². The normalized spacial score (nSPS) is 18.6. The quantitative estimate of drug-likeness (QED) is 0.674. The topological polar surface area (TPSA) is 61.9 Å². The van der Waals surface area contributed by atoms with E-state index >= 15 is 0 Å². The summed E-state index contributed by atoms with van der Waals surface area (Å²) in [7, 11) is 0. The fourth-order valence-corrected chi connectivity index (χ4v) is 4.01. The van der Waals surface area contributed by atoms with Gasteiger partial charge in [0.25, 0.3) is 5.91 Å². The van der Waals surface area contributed by atoms with Crippen LogP contribution in [-0.4, -0.2) is 74.1 Å². The average molecular weight is 406 g/mol. The molecule has 1 aromatic rings. The smallest absolute Gasteiger partial charge is 0.256 e. The first-order valence-corrected chi connectivity index (χ1v) is 10.7. The standard InChI is InChI=1S/C22H32FN3O3/c23-20-5-2-1-4-19(20)22(28)26-12-8-18(9-13-26)6-7-21(27)24-10-3-11-25-14-16-29-17-15-25/h1-2,4-5,18H,3,6-17H2,(H,24,27). The second-order valence-corrected chi connectivity index (χ2v) is 7.91. The van der Waals surface area contributed by atoms with Crippen LogP contribution >= 0.6 is 0 Å². The van der Waals surface area contributed by atoms with E-state index in [1.165, 1.54) is 12.1 Å². The molecule has 29 heavy (non-hydrogen) atoms. The van der Waals surface area contributed by atoms with E-state index in [2.05, 4.69) is 10.2 Å². The Kier molecular flexibility index (Phi) is 8.43. The number of nitrogens with one attached hydrogen (secondary N) is 1. The van der Waals surface area contributed by atoms with E-state index in [0.29, 0.717) is 32.0 Å². The highest BCUT2D eigenvalue weighted by molar-refractivity contribution is 5.94. The lowest BCUT2D eigenvalue weighted by molar-refractivity contribution is -0.121. The lowest BCUT2D eigenvalue weighted by atomic mass is 9.91. The molecule has 2 aliphatic heterocycles. The highest BCUT2D eigenvalue weighted by Gasteiger charge is 2.25. The number of nitrogens with zero attached hydrogens (tertiary/aromatic N) is 2. The molecule has 0 spiro atoms. The summed E-state index contributed by atoms with van der Waals surface area (Å²) in [5.41, 5.74) is 0.141. The number of hydrogen-bond acceptors (Lipinski definition) is 4. The molecule has 0 saturated carbocycles. The van der Waals surface area contributed by atoms with Crippen LogP contribution in [0.5, 0.6) is 0 Å². The molecule has 0 unspecified atom stereocenters. The van der Waals surface area contributed by atoms with Crippen molar-refractivity contribution in [3.63, 3.8) is 0 Å². The Morgan fingerprint density at radius 1 is 1.10 bits per heavy atom. The molecule has 2 saturated heterocycles. The van der Waals surface area contributed by atoms with E-state index < -0.39 is 5.82 Å². The van der Waals surface area contributed by atoms with Gasteiger partial charge in [-0.1, -0.05) is 12.1 Å². The number of halogens is 1. The second kappa shape index (κ2) is 11.3. The predicted molar refractivity (Wildman–Crippen MR) is 109 cm³/mol. The van der Waals surface area contributed by atoms with Crippen LogP contribution in [-0.2, 0) is 9.53 Å². The maximum atomic E-state index is 13.8. The SMILES string of the molecule is O=C(CCC1CCN(C(=O)c2ccccc2F)CC1)NCCCN1CCOCC1. The van der Waals surface area contributed by atoms with Crippen LogP contribution in [0.4, 0.5) is 4.39 Å². The zero-order valence-corrected chi connectivity index (χ0v) is 17.1. The number of likely N-dealkylation sites (tertiary alicyclic amines) is 1. The Morgan fingerprint density at radius 3 is 2.55 bits per heavy atom. The van der Waals surface area contributed by atoms with Gasteiger partial charge in [-0.05, 0) is 50.3 Å². The van der Waals surface area contributed by atoms with Crippen molar-refractivity contribution >= 4 is 11.8 Å². The Hall–Kier alpha value is -1.99. The lowest BCUT2D eigenvalue weighted by Gasteiger charge is -2.32. The lowest BCUT2D eigenvalue weighted by Crippen LogP contribution is -2.39. The number of hydrogen-bond donors (Lipinski definition) is 1. The van der Waals surface area contributed by atoms with E-state index in [9.17, 15) is 14.0 Å². The van der Waals surface area contributed by atoms with Crippen molar-refractivity contribution in [3.8, 4) is 0 Å². The number of benzene rings is 1. The van der Waals surface area contributed by atoms with Gasteiger partial charge in [-0.15, -0.1) is 0 Å². The molecule has 1 N–H and O–H groups in total. The molecule has 2 fully saturated rings. The molecule has 1 aromatic carbocycles. The van der Waals surface area contributed by atoms with Gasteiger partial charge in [-0.3, -0.25) is 14.5 Å². The monoisotopic (exact) mass is 405 g/mol. The molecule has 6 nitrogen and oxygen atoms in total. The minimum atomic E-state index is -0.468. The number of ether oxygens (including phenoxy) is 1. The van der Waals surface area contributed by atoms with Crippen LogP contribution in [0.3, 0.4) is 0 Å². The summed E-state index contributed by atoms with van der Waals surface area (Å²) in [4.78, 5) is 28.6. The summed E-state index contributed by atoms with van der Waals surface area (Å²) in [5.74, 6) is -0.153. The molecule has 2 amide bonds. The van der Waals surface area contributed by atoms with Gasteiger partial charge in [0.15, 0.2) is 0 Å². The number of piperidine rings is 1. The fraction of sp³-hybridized carbons (Fsp3) is 0.636. The Morgan fingerprint density at radius 2 is 1.83 bits per heavy atom. The highest BCUT2D eigenvalue weighted by Crippen LogP contribution is 2.23. The summed E-state index contributed by atoms with van der Waals surface area (Å²) in [6.07, 6.45) is 4.07. The first-order chi connectivity index (χ1) is 14.1. The van der Waals surface area contributed by atoms with Crippen molar-refractivity contribution in [2.75, 3.05) is 52.5 Å². The van der Waals surface area contributed by atoms with Crippen LogP contribution in [0, 0.1) is 11.7 Å². The molecule has 0 bridgehead atoms. The van der Waals surface area contributed by atoms with Gasteiger partial charge < -0.3 is 15.0 Å². The summed E-state index contributed by atoms with van der Waals surface area (Å²) >= 11 is 0. The molecule has 2 heterocycles. The van der Waals surface area contributed by atoms with E-state index in [0.717, 1.165) is 58.5 Å². The molecule has 0 atom stereocenters. The van der Waals surface area contributed by atoms with E-state index in [1.807, 2.05) is 0 Å². The molecule has 7 heteroatoms. The predicted octanol–water partition coefficient (Wildman–Crippen LogP) is 2.30. The second-order valence-electron chi connectivity index (χ2n) is 7.91. The van der Waals surface area contributed by atoms with Crippen molar-refractivity contribution in [3.05, 3.63) is 35.6 Å². The van der Waals surface area contributed by atoms with Crippen molar-refractivity contribution in [2.24, 2.45) is 5.92 Å². The van der Waals surface area contributed by atoms with Crippen molar-refractivity contribution in [2.45, 2.75) is 32.1 Å². The number of amides is 2. The summed E-state index contributed by atoms with van der Waals surface area (Å²) in [6.45, 7) is 6.52. The van der Waals surface area contributed by atoms with Crippen LogP contribution in [0.1, 0.15) is 42.5 Å². The number of morpholine rings is 1. The van der Waals surface area contributed by atoms with Gasteiger partial charge in [0, 0.05) is 39.1 Å². The number of rotatable bonds is 8. The molecule has 2 aliphatic rings. The maximum Gasteiger partial charge on any atom is 0.256 e. The maximum absolute atomic E-state index is 13.8. The van der Waals surface area contributed by atoms with Crippen LogP contribution in [0.15, 0.2) is 24.3 Å². The molecule has 0 aromatic heterocycles. The van der Waals surface area contributed by atoms with E-state index in [-0.39, 0.29) is 17.4 Å². The van der Waals surface area contributed by atoms with Crippen LogP contribution < -0.4 is 5.32 Å². The van der Waals surface area contributed by atoms with Gasteiger partial charge in [-0.25, -0.2) is 4.39 Å². The average Bonchev–Trinajstić information content (AvgIpc) is 2.76. The van der Waals surface area contributed by atoms with Crippen LogP contribution in [0.25, 0.3) is 0 Å². The first kappa shape index (κ1) is 21.7. The molecule has 160 valence electrons. The summed E-state index contributed by atoms with van der Waals surface area (Å²) in [6, 6.07) is 6.13. The third kappa shape index (κ3) is 6.78. The number of carbonyl (C=O) groups excluding carboxylic acids is 2. The Bertz CT molecular complexity index is 671. The third-order valence-corrected chi connectivity index (χ3v) is 5.86. The Balaban J connectivity index is 1.28. The van der Waals surface area contributed by atoms with E-state index in [4.69, 9.17) is 4.74 Å². The molecular weight excluding hydrogens is 373 g/mol. The fourth-order valence-electron chi connectivity index (χ4n) is 4.01. The van der Waals surface area contributed by atoms with Crippen molar-refractivity contribution < 1.29 is 18.7 Å². The zero-order valence-electron chi connectivity index (χ0n) is 17.1.